The van der Waals surface area contributed by atoms with E-state index in [1.165, 1.54) is 0 Å². The Morgan fingerprint density at radius 3 is 2.50 bits per heavy atom. The molecule has 160 valence electrons. The number of allylic oxidation sites excluding steroid dienone is 1. The number of fused-ring (bicyclic) bond motifs is 3. The number of ketones is 1. The van der Waals surface area contributed by atoms with Crippen molar-refractivity contribution in [3.8, 4) is 6.07 Å². The molecule has 1 spiro atoms. The lowest BCUT2D eigenvalue weighted by molar-refractivity contribution is -0.123. The fraction of sp³-hybridized carbons (Fsp3) is 0.269. The number of nitrogens with two attached hydrogens (primary N) is 1. The van der Waals surface area contributed by atoms with Crippen LogP contribution in [0.5, 0.6) is 0 Å². The summed E-state index contributed by atoms with van der Waals surface area (Å²) in [6, 6.07) is 17.3. The van der Waals surface area contributed by atoms with E-state index >= 15 is 0 Å². The molecule has 3 aliphatic rings. The molecular weight excluding hydrogens is 400 g/mol. The molecule has 1 aliphatic carbocycles. The lowest BCUT2D eigenvalue weighted by Crippen LogP contribution is -2.52. The molecule has 3 N–H and O–H groups in total. The van der Waals surface area contributed by atoms with Gasteiger partial charge >= 0.3 is 0 Å². The number of nitriles is 1. The summed E-state index contributed by atoms with van der Waals surface area (Å²) < 4.78 is 0. The van der Waals surface area contributed by atoms with Gasteiger partial charge in [0.1, 0.15) is 17.3 Å². The molecule has 0 radical (unpaired) electrons. The number of nitrogens with one attached hydrogen (secondary N) is 1. The molecule has 0 saturated carbocycles. The van der Waals surface area contributed by atoms with Gasteiger partial charge in [0, 0.05) is 34.6 Å². The lowest BCUT2D eigenvalue weighted by Gasteiger charge is -2.46. The van der Waals surface area contributed by atoms with Crippen LogP contribution in [-0.4, -0.2) is 11.7 Å². The number of nitrogens with zero attached hydrogens (tertiary/aromatic N) is 2. The minimum absolute atomic E-state index is 0.0926. The molecule has 0 bridgehead atoms. The molecule has 0 saturated heterocycles. The molecule has 0 aromatic heterocycles. The van der Waals surface area contributed by atoms with E-state index in [1.807, 2.05) is 69.3 Å². The minimum atomic E-state index is -1.53. The van der Waals surface area contributed by atoms with Crippen molar-refractivity contribution in [1.82, 2.24) is 0 Å². The quantitative estimate of drug-likeness (QED) is 0.720. The van der Waals surface area contributed by atoms with Gasteiger partial charge < -0.3 is 11.1 Å². The zero-order chi connectivity index (χ0) is 22.8. The van der Waals surface area contributed by atoms with Crippen LogP contribution in [0.25, 0.3) is 0 Å². The Labute approximate surface area is 187 Å². The molecule has 2 aromatic carbocycles. The summed E-state index contributed by atoms with van der Waals surface area (Å²) in [6.07, 6.45) is 0.849. The molecule has 32 heavy (non-hydrogen) atoms. The second kappa shape index (κ2) is 6.57. The zero-order valence-corrected chi connectivity index (χ0v) is 18.3. The van der Waals surface area contributed by atoms with E-state index in [-0.39, 0.29) is 22.6 Å². The maximum Gasteiger partial charge on any atom is 0.245 e. The first kappa shape index (κ1) is 20.1. The number of para-hydroxylation sites is 1. The van der Waals surface area contributed by atoms with Crippen LogP contribution >= 0.6 is 0 Å². The van der Waals surface area contributed by atoms with E-state index in [1.54, 1.807) is 4.90 Å². The summed E-state index contributed by atoms with van der Waals surface area (Å²) in [7, 11) is 0. The number of amides is 1. The molecule has 6 heteroatoms. The fourth-order valence-electron chi connectivity index (χ4n) is 5.40. The van der Waals surface area contributed by atoms with Crippen molar-refractivity contribution in [1.29, 1.82) is 5.26 Å². The second-order valence-corrected chi connectivity index (χ2v) is 9.56. The van der Waals surface area contributed by atoms with Crippen LogP contribution in [0.4, 0.5) is 11.4 Å². The molecule has 1 unspecified atom stereocenters. The normalized spacial score (nSPS) is 23.8. The number of hydrogen-bond donors (Lipinski definition) is 2. The zero-order valence-electron chi connectivity index (χ0n) is 18.3. The maximum absolute atomic E-state index is 13.8. The number of benzene rings is 2. The van der Waals surface area contributed by atoms with Gasteiger partial charge in [0.15, 0.2) is 5.78 Å². The molecule has 6 nitrogen and oxygen atoms in total. The van der Waals surface area contributed by atoms with Crippen molar-refractivity contribution in [2.75, 3.05) is 10.2 Å². The lowest BCUT2D eigenvalue weighted by atomic mass is 9.60. The summed E-state index contributed by atoms with van der Waals surface area (Å²) in [5, 5.41) is 13.2. The smallest absolute Gasteiger partial charge is 0.245 e. The van der Waals surface area contributed by atoms with Crippen LogP contribution in [-0.2, 0) is 15.0 Å². The number of anilines is 2. The summed E-state index contributed by atoms with van der Waals surface area (Å²) in [6.45, 7) is 6.00. The topological polar surface area (TPSA) is 99.2 Å². The molecule has 2 aromatic rings. The van der Waals surface area contributed by atoms with Crippen LogP contribution in [0.15, 0.2) is 71.2 Å². The van der Waals surface area contributed by atoms with Gasteiger partial charge in [-0.3, -0.25) is 14.5 Å². The minimum Gasteiger partial charge on any atom is -0.384 e. The number of hydrogen-bond acceptors (Lipinski definition) is 5. The second-order valence-electron chi connectivity index (χ2n) is 9.56. The summed E-state index contributed by atoms with van der Waals surface area (Å²) >= 11 is 0. The van der Waals surface area contributed by atoms with Crippen LogP contribution < -0.4 is 16.0 Å². The van der Waals surface area contributed by atoms with Gasteiger partial charge in [-0.05, 0) is 37.0 Å². The first-order valence-corrected chi connectivity index (χ1v) is 10.7. The van der Waals surface area contributed by atoms with Gasteiger partial charge in [0.25, 0.3) is 0 Å². The van der Waals surface area contributed by atoms with E-state index in [0.717, 1.165) is 11.3 Å². The molecule has 1 amide bonds. The molecule has 2 heterocycles. The SMILES string of the molecule is Cc1ccc2c(c1)C1(C(=O)N2)C(C#N)=C(N)N(c2ccccc2)C2=C1C(=O)CC(C)(C)C2. The van der Waals surface area contributed by atoms with Crippen molar-refractivity contribution >= 4 is 23.1 Å². The van der Waals surface area contributed by atoms with Crippen molar-refractivity contribution in [3.63, 3.8) is 0 Å². The van der Waals surface area contributed by atoms with Crippen LogP contribution in [0.1, 0.15) is 37.8 Å². The third kappa shape index (κ3) is 2.51. The average Bonchev–Trinajstić information content (AvgIpc) is 3.00. The highest BCUT2D eigenvalue weighted by Gasteiger charge is 2.61. The standard InChI is InChI=1S/C26H24N4O2/c1-15-9-10-19-17(11-15)26(24(32)29-19)18(14-27)23(28)30(16-7-5-4-6-8-16)20-12-25(2,3)13-21(31)22(20)26/h4-11H,12-13,28H2,1-3H3,(H,29,32). The Balaban J connectivity index is 1.92. The molecule has 5 rings (SSSR count). The third-order valence-corrected chi connectivity index (χ3v) is 6.66. The Hall–Kier alpha value is -3.85. The number of carbonyl (C=O) groups is 2. The Morgan fingerprint density at radius 2 is 1.81 bits per heavy atom. The molecule has 1 atom stereocenters. The predicted octanol–water partition coefficient (Wildman–Crippen LogP) is 4.04. The van der Waals surface area contributed by atoms with E-state index in [9.17, 15) is 14.9 Å². The van der Waals surface area contributed by atoms with Gasteiger partial charge in [-0.25, -0.2) is 0 Å². The Morgan fingerprint density at radius 1 is 1.09 bits per heavy atom. The van der Waals surface area contributed by atoms with Gasteiger partial charge in [0.05, 0.1) is 5.57 Å². The largest absolute Gasteiger partial charge is 0.384 e. The van der Waals surface area contributed by atoms with Crippen molar-refractivity contribution in [3.05, 3.63) is 82.3 Å². The monoisotopic (exact) mass is 424 g/mol. The van der Waals surface area contributed by atoms with Crippen LogP contribution in [0.3, 0.4) is 0 Å². The average molecular weight is 425 g/mol. The van der Waals surface area contributed by atoms with Crippen molar-refractivity contribution in [2.24, 2.45) is 11.1 Å². The van der Waals surface area contributed by atoms with Gasteiger partial charge in [-0.2, -0.15) is 5.26 Å². The van der Waals surface area contributed by atoms with Crippen molar-refractivity contribution < 1.29 is 9.59 Å². The highest BCUT2D eigenvalue weighted by Crippen LogP contribution is 2.57. The highest BCUT2D eigenvalue weighted by molar-refractivity contribution is 6.20. The molecule has 0 fully saturated rings. The Bertz CT molecular complexity index is 1300. The number of carbonyl (C=O) groups excluding carboxylic acids is 2. The van der Waals surface area contributed by atoms with Gasteiger partial charge in [-0.15, -0.1) is 0 Å². The summed E-state index contributed by atoms with van der Waals surface area (Å²) in [5.74, 6) is -0.333. The van der Waals surface area contributed by atoms with Crippen LogP contribution in [0, 0.1) is 23.7 Å². The van der Waals surface area contributed by atoms with Gasteiger partial charge in [0.2, 0.25) is 5.91 Å². The van der Waals surface area contributed by atoms with Crippen LogP contribution in [0.2, 0.25) is 0 Å². The number of Topliss-reactive ketones (excluding diaryl/α,β-unsaturated/α-hetero) is 1. The van der Waals surface area contributed by atoms with E-state index in [0.29, 0.717) is 35.4 Å². The number of aryl methyl sites for hydroxylation is 1. The van der Waals surface area contributed by atoms with E-state index in [4.69, 9.17) is 5.73 Å². The molecule has 2 aliphatic heterocycles. The van der Waals surface area contributed by atoms with E-state index in [2.05, 4.69) is 11.4 Å². The van der Waals surface area contributed by atoms with Gasteiger partial charge in [-0.1, -0.05) is 49.7 Å². The summed E-state index contributed by atoms with van der Waals surface area (Å²) in [4.78, 5) is 29.2. The fourth-order valence-corrected chi connectivity index (χ4v) is 5.40. The van der Waals surface area contributed by atoms with Crippen molar-refractivity contribution in [2.45, 2.75) is 39.0 Å². The predicted molar refractivity (Wildman–Crippen MR) is 122 cm³/mol. The first-order valence-electron chi connectivity index (χ1n) is 10.7. The molecular formula is C26H24N4O2. The summed E-state index contributed by atoms with van der Waals surface area (Å²) in [5.41, 5.74) is 8.92. The van der Waals surface area contributed by atoms with E-state index < -0.39 is 11.3 Å². The number of rotatable bonds is 1. The maximum atomic E-state index is 13.8. The highest BCUT2D eigenvalue weighted by atomic mass is 16.2. The first-order chi connectivity index (χ1) is 15.2. The third-order valence-electron chi connectivity index (χ3n) is 6.66. The Kier molecular flexibility index (Phi) is 4.12.